The fourth-order valence-corrected chi connectivity index (χ4v) is 3.94. The molecule has 1 aromatic heterocycles. The minimum absolute atomic E-state index is 0.219. The molecule has 0 amide bonds. The number of rotatable bonds is 6. The van der Waals surface area contributed by atoms with Gasteiger partial charge in [-0.1, -0.05) is 26.0 Å². The minimum Gasteiger partial charge on any atom is -0.353 e. The van der Waals surface area contributed by atoms with Crippen LogP contribution in [-0.2, 0) is 16.4 Å². The molecule has 0 radical (unpaired) electrons. The number of benzene rings is 1. The Morgan fingerprint density at radius 3 is 2.19 bits per heavy atom. The Balaban J connectivity index is 1.66. The lowest BCUT2D eigenvalue weighted by atomic mass is 10.2. The highest BCUT2D eigenvalue weighted by Crippen LogP contribution is 2.18. The number of nitrogens with zero attached hydrogens (tertiary/aromatic N) is 4. The summed E-state index contributed by atoms with van der Waals surface area (Å²) in [4.78, 5) is 4.77. The van der Waals surface area contributed by atoms with Crippen LogP contribution in [0.4, 0.5) is 11.6 Å². The molecule has 1 aliphatic heterocycles. The molecule has 7 nitrogen and oxygen atoms in total. The largest absolute Gasteiger partial charge is 0.353 e. The number of aromatic nitrogens is 2. The van der Waals surface area contributed by atoms with Crippen LogP contribution in [0.2, 0.25) is 0 Å². The summed E-state index contributed by atoms with van der Waals surface area (Å²) in [6, 6.07) is 10.3. The molecule has 0 spiro atoms. The molecule has 140 valence electrons. The van der Waals surface area contributed by atoms with E-state index < -0.39 is 10.0 Å². The number of anilines is 2. The van der Waals surface area contributed by atoms with Crippen LogP contribution in [0.25, 0.3) is 0 Å². The Bertz CT molecular complexity index is 814. The Morgan fingerprint density at radius 2 is 1.65 bits per heavy atom. The van der Waals surface area contributed by atoms with E-state index in [4.69, 9.17) is 0 Å². The maximum absolute atomic E-state index is 12.5. The number of piperazine rings is 1. The van der Waals surface area contributed by atoms with Gasteiger partial charge in [0.15, 0.2) is 11.6 Å². The zero-order valence-corrected chi connectivity index (χ0v) is 16.0. The van der Waals surface area contributed by atoms with Gasteiger partial charge in [-0.25, -0.2) is 8.42 Å². The fraction of sp³-hybridized carbons (Fsp3) is 0.444. The average molecular weight is 375 g/mol. The molecule has 8 heteroatoms. The molecular weight excluding hydrogens is 350 g/mol. The quantitative estimate of drug-likeness (QED) is 0.832. The number of likely N-dealkylation sites (N-methyl/N-ethyl adjacent to an activating group) is 1. The smallest absolute Gasteiger partial charge is 0.263 e. The zero-order chi connectivity index (χ0) is 18.6. The van der Waals surface area contributed by atoms with E-state index in [2.05, 4.69) is 31.6 Å². The number of hydrogen-bond acceptors (Lipinski definition) is 6. The summed E-state index contributed by atoms with van der Waals surface area (Å²) >= 11 is 0. The minimum atomic E-state index is -3.66. The highest BCUT2D eigenvalue weighted by molar-refractivity contribution is 7.92. The Morgan fingerprint density at radius 1 is 0.962 bits per heavy atom. The lowest BCUT2D eigenvalue weighted by Gasteiger charge is -2.34. The van der Waals surface area contributed by atoms with E-state index in [0.29, 0.717) is 0 Å². The lowest BCUT2D eigenvalue weighted by Crippen LogP contribution is -2.46. The van der Waals surface area contributed by atoms with Crippen LogP contribution in [0.5, 0.6) is 0 Å². The molecule has 0 unspecified atom stereocenters. The van der Waals surface area contributed by atoms with Crippen LogP contribution in [0.15, 0.2) is 41.3 Å². The third-order valence-electron chi connectivity index (χ3n) is 4.67. The molecular formula is C18H25N5O2S. The van der Waals surface area contributed by atoms with Gasteiger partial charge in [0.05, 0.1) is 4.90 Å². The summed E-state index contributed by atoms with van der Waals surface area (Å²) in [5.41, 5.74) is 1.09. The van der Waals surface area contributed by atoms with E-state index in [9.17, 15) is 8.42 Å². The van der Waals surface area contributed by atoms with E-state index >= 15 is 0 Å². The zero-order valence-electron chi connectivity index (χ0n) is 15.2. The SMILES string of the molecule is CCc1ccc(S(=O)(=O)Nc2ccc(N3CCN(CC)CC3)nn2)cc1. The first-order chi connectivity index (χ1) is 12.5. The van der Waals surface area contributed by atoms with E-state index in [1.165, 1.54) is 0 Å². The molecule has 0 atom stereocenters. The Labute approximate surface area is 155 Å². The maximum atomic E-state index is 12.5. The topological polar surface area (TPSA) is 78.4 Å². The van der Waals surface area contributed by atoms with Crippen molar-refractivity contribution < 1.29 is 8.42 Å². The van der Waals surface area contributed by atoms with Gasteiger partial charge in [-0.2, -0.15) is 0 Å². The summed E-state index contributed by atoms with van der Waals surface area (Å²) < 4.78 is 27.4. The summed E-state index contributed by atoms with van der Waals surface area (Å²) in [7, 11) is -3.66. The van der Waals surface area contributed by atoms with Crippen molar-refractivity contribution in [1.29, 1.82) is 0 Å². The van der Waals surface area contributed by atoms with Crippen LogP contribution in [0.1, 0.15) is 19.4 Å². The first kappa shape index (κ1) is 18.6. The van der Waals surface area contributed by atoms with Gasteiger partial charge >= 0.3 is 0 Å². The Hall–Kier alpha value is -2.19. The molecule has 2 aromatic rings. The van der Waals surface area contributed by atoms with Gasteiger partial charge in [0.25, 0.3) is 10.0 Å². The van der Waals surface area contributed by atoms with Gasteiger partial charge < -0.3 is 9.80 Å². The van der Waals surface area contributed by atoms with Crippen LogP contribution >= 0.6 is 0 Å². The number of aryl methyl sites for hydroxylation is 1. The molecule has 0 aliphatic carbocycles. The third kappa shape index (κ3) is 4.31. The van der Waals surface area contributed by atoms with Crippen molar-refractivity contribution >= 4 is 21.7 Å². The first-order valence-corrected chi connectivity index (χ1v) is 10.4. The molecule has 26 heavy (non-hydrogen) atoms. The van der Waals surface area contributed by atoms with E-state index in [1.807, 2.05) is 25.1 Å². The number of sulfonamides is 1. The second kappa shape index (κ2) is 8.01. The van der Waals surface area contributed by atoms with Crippen molar-refractivity contribution in [2.24, 2.45) is 0 Å². The van der Waals surface area contributed by atoms with Crippen LogP contribution < -0.4 is 9.62 Å². The van der Waals surface area contributed by atoms with Crippen molar-refractivity contribution in [2.75, 3.05) is 42.3 Å². The monoisotopic (exact) mass is 375 g/mol. The molecule has 1 N–H and O–H groups in total. The molecule has 3 rings (SSSR count). The predicted molar refractivity (Wildman–Crippen MR) is 103 cm³/mol. The van der Waals surface area contributed by atoms with E-state index in [-0.39, 0.29) is 10.7 Å². The second-order valence-corrected chi connectivity index (χ2v) is 7.98. The van der Waals surface area contributed by atoms with Gasteiger partial charge in [-0.15, -0.1) is 10.2 Å². The summed E-state index contributed by atoms with van der Waals surface area (Å²) in [5, 5.41) is 8.23. The van der Waals surface area contributed by atoms with Gasteiger partial charge in [0.2, 0.25) is 0 Å². The van der Waals surface area contributed by atoms with Crippen LogP contribution in [-0.4, -0.2) is 56.2 Å². The molecule has 1 saturated heterocycles. The molecule has 1 aliphatic rings. The normalized spacial score (nSPS) is 15.8. The van der Waals surface area contributed by atoms with Gasteiger partial charge in [0.1, 0.15) is 0 Å². The molecule has 1 fully saturated rings. The van der Waals surface area contributed by atoms with Crippen molar-refractivity contribution in [1.82, 2.24) is 15.1 Å². The summed E-state index contributed by atoms with van der Waals surface area (Å²) in [6.45, 7) is 9.04. The highest BCUT2D eigenvalue weighted by Gasteiger charge is 2.18. The predicted octanol–water partition coefficient (Wildman–Crippen LogP) is 1.98. The first-order valence-electron chi connectivity index (χ1n) is 8.94. The average Bonchev–Trinajstić information content (AvgIpc) is 2.68. The van der Waals surface area contributed by atoms with Crippen molar-refractivity contribution in [3.8, 4) is 0 Å². The van der Waals surface area contributed by atoms with E-state index in [1.54, 1.807) is 18.2 Å². The van der Waals surface area contributed by atoms with Crippen molar-refractivity contribution in [2.45, 2.75) is 25.2 Å². The fourth-order valence-electron chi connectivity index (χ4n) is 2.94. The molecule has 0 bridgehead atoms. The Kier molecular flexibility index (Phi) is 5.73. The number of hydrogen-bond donors (Lipinski definition) is 1. The summed E-state index contributed by atoms with van der Waals surface area (Å²) in [5.74, 6) is 0.997. The number of nitrogens with one attached hydrogen (secondary N) is 1. The van der Waals surface area contributed by atoms with Crippen LogP contribution in [0.3, 0.4) is 0 Å². The highest BCUT2D eigenvalue weighted by atomic mass is 32.2. The van der Waals surface area contributed by atoms with Crippen molar-refractivity contribution in [3.63, 3.8) is 0 Å². The van der Waals surface area contributed by atoms with Gasteiger partial charge in [0, 0.05) is 26.2 Å². The molecule has 2 heterocycles. The van der Waals surface area contributed by atoms with Crippen molar-refractivity contribution in [3.05, 3.63) is 42.0 Å². The van der Waals surface area contributed by atoms with Crippen LogP contribution in [0, 0.1) is 0 Å². The van der Waals surface area contributed by atoms with Gasteiger partial charge in [-0.3, -0.25) is 4.72 Å². The molecule has 1 aromatic carbocycles. The molecule has 0 saturated carbocycles. The maximum Gasteiger partial charge on any atom is 0.263 e. The third-order valence-corrected chi connectivity index (χ3v) is 6.05. The van der Waals surface area contributed by atoms with E-state index in [0.717, 1.165) is 50.5 Å². The summed E-state index contributed by atoms with van der Waals surface area (Å²) in [6.07, 6.45) is 0.868. The lowest BCUT2D eigenvalue weighted by molar-refractivity contribution is 0.270. The second-order valence-electron chi connectivity index (χ2n) is 6.30. The standard InChI is InChI=1S/C18H25N5O2S/c1-3-15-5-7-16(8-6-15)26(24,25)21-17-9-10-18(20-19-17)23-13-11-22(4-2)12-14-23/h5-10H,3-4,11-14H2,1-2H3,(H,19,21). The van der Waals surface area contributed by atoms with Gasteiger partial charge in [-0.05, 0) is 42.8 Å².